The maximum Gasteiger partial charge on any atom is 0.264 e. The fourth-order valence-corrected chi connectivity index (χ4v) is 6.84. The topological polar surface area (TPSA) is 31.9 Å². The number of pyridine rings is 1. The van der Waals surface area contributed by atoms with Gasteiger partial charge in [0.2, 0.25) is 0 Å². The van der Waals surface area contributed by atoms with Crippen LogP contribution in [-0.4, -0.2) is 13.7 Å². The third kappa shape index (κ3) is 3.35. The van der Waals surface area contributed by atoms with Crippen molar-refractivity contribution in [2.45, 2.75) is 0 Å². The summed E-state index contributed by atoms with van der Waals surface area (Å²) in [5.74, 6) is 0. The van der Waals surface area contributed by atoms with Crippen molar-refractivity contribution in [2.75, 3.05) is 0 Å². The Labute approximate surface area is 246 Å². The minimum atomic E-state index is -0.0277. The van der Waals surface area contributed by atoms with Crippen molar-refractivity contribution in [1.82, 2.24) is 13.7 Å². The van der Waals surface area contributed by atoms with Gasteiger partial charge in [-0.05, 0) is 66.0 Å². The maximum absolute atomic E-state index is 14.3. The first kappa shape index (κ1) is 23.8. The molecule has 0 atom stereocenters. The molecule has 0 N–H and O–H groups in total. The van der Waals surface area contributed by atoms with Crippen LogP contribution in [0.2, 0.25) is 0 Å². The molecule has 0 bridgehead atoms. The van der Waals surface area contributed by atoms with Crippen LogP contribution in [0.5, 0.6) is 0 Å². The summed E-state index contributed by atoms with van der Waals surface area (Å²) in [6, 6.07) is 52.2. The summed E-state index contributed by atoms with van der Waals surface area (Å²) >= 11 is 0. The molecule has 9 aromatic rings. The van der Waals surface area contributed by atoms with Crippen molar-refractivity contribution in [3.05, 3.63) is 162 Å². The van der Waals surface area contributed by atoms with Gasteiger partial charge in [0.1, 0.15) is 5.65 Å². The second-order valence-electron chi connectivity index (χ2n) is 11.0. The molecule has 0 saturated carbocycles. The van der Waals surface area contributed by atoms with E-state index >= 15 is 0 Å². The predicted molar refractivity (Wildman–Crippen MR) is 178 cm³/mol. The average Bonchev–Trinajstić information content (AvgIpc) is 3.59. The van der Waals surface area contributed by atoms with Crippen molar-refractivity contribution >= 4 is 54.5 Å². The first-order valence-electron chi connectivity index (χ1n) is 14.5. The van der Waals surface area contributed by atoms with Crippen LogP contribution in [0.25, 0.3) is 71.6 Å². The molecule has 4 heteroatoms. The van der Waals surface area contributed by atoms with E-state index in [1.54, 1.807) is 0 Å². The quantitative estimate of drug-likeness (QED) is 0.215. The van der Waals surface area contributed by atoms with E-state index in [2.05, 4.69) is 106 Å². The summed E-state index contributed by atoms with van der Waals surface area (Å²) in [6.07, 6.45) is 0. The Bertz CT molecular complexity index is 2570. The minimum Gasteiger partial charge on any atom is -0.309 e. The van der Waals surface area contributed by atoms with Crippen LogP contribution in [0.15, 0.2) is 156 Å². The van der Waals surface area contributed by atoms with Gasteiger partial charge >= 0.3 is 0 Å². The Morgan fingerprint density at radius 2 is 0.860 bits per heavy atom. The maximum atomic E-state index is 14.3. The van der Waals surface area contributed by atoms with Crippen LogP contribution in [-0.2, 0) is 0 Å². The molecule has 6 aromatic carbocycles. The zero-order chi connectivity index (χ0) is 28.5. The lowest BCUT2D eigenvalue weighted by molar-refractivity contribution is 0.997. The first-order chi connectivity index (χ1) is 21.3. The highest BCUT2D eigenvalue weighted by atomic mass is 16.1. The number of hydrogen-bond acceptors (Lipinski definition) is 1. The minimum absolute atomic E-state index is 0.0277. The highest BCUT2D eigenvalue weighted by molar-refractivity contribution is 6.20. The lowest BCUT2D eigenvalue weighted by Crippen LogP contribution is -2.20. The van der Waals surface area contributed by atoms with Crippen molar-refractivity contribution in [3.8, 4) is 17.1 Å². The number of fused-ring (bicyclic) bond motifs is 8. The molecular weight excluding hydrogens is 526 g/mol. The SMILES string of the molecule is O=c1c2ccccc2c2c3ccccc3n(-c3ccc4c(c3)c3ccccc3n4-c3ccccc3)c2n1-c1ccccc1. The number of nitrogens with zero attached hydrogens (tertiary/aromatic N) is 3. The molecule has 0 unspecified atom stereocenters. The lowest BCUT2D eigenvalue weighted by atomic mass is 10.1. The molecule has 4 nitrogen and oxygen atoms in total. The van der Waals surface area contributed by atoms with Gasteiger partial charge in [0.25, 0.3) is 5.56 Å². The molecule has 0 amide bonds. The van der Waals surface area contributed by atoms with Gasteiger partial charge in [-0.25, -0.2) is 0 Å². The van der Waals surface area contributed by atoms with Crippen molar-refractivity contribution in [3.63, 3.8) is 0 Å². The van der Waals surface area contributed by atoms with Gasteiger partial charge in [0.15, 0.2) is 0 Å². The number of benzene rings is 6. The van der Waals surface area contributed by atoms with Crippen LogP contribution in [0.3, 0.4) is 0 Å². The van der Waals surface area contributed by atoms with Crippen LogP contribution in [0.1, 0.15) is 0 Å². The van der Waals surface area contributed by atoms with Gasteiger partial charge in [0, 0.05) is 38.3 Å². The van der Waals surface area contributed by atoms with Crippen LogP contribution in [0.4, 0.5) is 0 Å². The summed E-state index contributed by atoms with van der Waals surface area (Å²) in [5.41, 5.74) is 7.18. The van der Waals surface area contributed by atoms with Gasteiger partial charge in [-0.3, -0.25) is 13.9 Å². The number of hydrogen-bond donors (Lipinski definition) is 0. The molecule has 202 valence electrons. The Balaban J connectivity index is 1.47. The molecule has 3 aromatic heterocycles. The first-order valence-corrected chi connectivity index (χ1v) is 14.5. The molecular formula is C39H25N3O. The summed E-state index contributed by atoms with van der Waals surface area (Å²) in [4.78, 5) is 14.3. The fourth-order valence-electron chi connectivity index (χ4n) is 6.84. The molecule has 0 spiro atoms. The van der Waals surface area contributed by atoms with Gasteiger partial charge in [0.05, 0.1) is 22.2 Å². The van der Waals surface area contributed by atoms with Crippen molar-refractivity contribution in [2.24, 2.45) is 0 Å². The van der Waals surface area contributed by atoms with Crippen LogP contribution < -0.4 is 5.56 Å². The van der Waals surface area contributed by atoms with Gasteiger partial charge in [-0.15, -0.1) is 0 Å². The van der Waals surface area contributed by atoms with Crippen LogP contribution in [0, 0.1) is 0 Å². The second-order valence-corrected chi connectivity index (χ2v) is 11.0. The summed E-state index contributed by atoms with van der Waals surface area (Å²) in [6.45, 7) is 0. The standard InChI is InChI=1S/C39H25N3O/c43-39-31-19-8-7-18-30(31)37-32-20-10-12-22-35(32)41(38(37)42(39)27-15-5-2-6-16-27)28-23-24-36-33(25-28)29-17-9-11-21-34(29)40(36)26-13-3-1-4-14-26/h1-25H. The third-order valence-corrected chi connectivity index (χ3v) is 8.63. The van der Waals surface area contributed by atoms with E-state index in [4.69, 9.17) is 0 Å². The molecule has 43 heavy (non-hydrogen) atoms. The summed E-state index contributed by atoms with van der Waals surface area (Å²) in [7, 11) is 0. The Morgan fingerprint density at radius 1 is 0.349 bits per heavy atom. The number of para-hydroxylation sites is 4. The van der Waals surface area contributed by atoms with Gasteiger partial charge in [-0.1, -0.05) is 91.0 Å². The van der Waals surface area contributed by atoms with E-state index in [-0.39, 0.29) is 5.56 Å². The van der Waals surface area contributed by atoms with Gasteiger partial charge < -0.3 is 4.57 Å². The van der Waals surface area contributed by atoms with E-state index in [0.29, 0.717) is 5.39 Å². The highest BCUT2D eigenvalue weighted by Gasteiger charge is 2.22. The van der Waals surface area contributed by atoms with E-state index < -0.39 is 0 Å². The smallest absolute Gasteiger partial charge is 0.264 e. The second kappa shape index (κ2) is 9.07. The molecule has 3 heterocycles. The molecule has 0 saturated heterocycles. The average molecular weight is 552 g/mol. The molecule has 9 rings (SSSR count). The molecule has 0 fully saturated rings. The summed E-state index contributed by atoms with van der Waals surface area (Å²) in [5, 5.41) is 6.22. The highest BCUT2D eigenvalue weighted by Crippen LogP contribution is 2.39. The predicted octanol–water partition coefficient (Wildman–Crippen LogP) is 9.18. The monoisotopic (exact) mass is 551 g/mol. The normalized spacial score (nSPS) is 11.8. The van der Waals surface area contributed by atoms with E-state index in [9.17, 15) is 4.79 Å². The molecule has 0 radical (unpaired) electrons. The van der Waals surface area contributed by atoms with E-state index in [1.807, 2.05) is 59.2 Å². The molecule has 0 aliphatic carbocycles. The third-order valence-electron chi connectivity index (χ3n) is 8.63. The Kier molecular flexibility index (Phi) is 5.02. The Hall–Kier alpha value is -5.87. The lowest BCUT2D eigenvalue weighted by Gasteiger charge is -2.15. The zero-order valence-electron chi connectivity index (χ0n) is 23.2. The zero-order valence-corrected chi connectivity index (χ0v) is 23.2. The van der Waals surface area contributed by atoms with Gasteiger partial charge in [-0.2, -0.15) is 0 Å². The molecule has 0 aliphatic rings. The largest absolute Gasteiger partial charge is 0.309 e. The van der Waals surface area contributed by atoms with Crippen LogP contribution >= 0.6 is 0 Å². The number of rotatable bonds is 3. The van der Waals surface area contributed by atoms with E-state index in [1.165, 1.54) is 5.39 Å². The van der Waals surface area contributed by atoms with E-state index in [0.717, 1.165) is 60.8 Å². The van der Waals surface area contributed by atoms with Crippen molar-refractivity contribution < 1.29 is 0 Å². The summed E-state index contributed by atoms with van der Waals surface area (Å²) < 4.78 is 6.47. The Morgan fingerprint density at radius 3 is 1.56 bits per heavy atom. The number of aromatic nitrogens is 3. The molecule has 0 aliphatic heterocycles. The fraction of sp³-hybridized carbons (Fsp3) is 0. The van der Waals surface area contributed by atoms with Crippen molar-refractivity contribution in [1.29, 1.82) is 0 Å².